The minimum Gasteiger partial charge on any atom is -0.493 e. The highest BCUT2D eigenvalue weighted by atomic mass is 16.5. The van der Waals surface area contributed by atoms with Crippen LogP contribution >= 0.6 is 0 Å². The standard InChI is InChI=1S/C15H21N3O2/c1-12-9-17-18(11-12)7-6-16-10-13-4-5-14(19-2)15(8-13)20-3/h4-5,8-9,11,16H,6-7,10H2,1-3H3. The zero-order chi connectivity index (χ0) is 14.4. The zero-order valence-electron chi connectivity index (χ0n) is 12.2. The fourth-order valence-electron chi connectivity index (χ4n) is 2.01. The number of nitrogens with one attached hydrogen (secondary N) is 1. The summed E-state index contributed by atoms with van der Waals surface area (Å²) in [6.07, 6.45) is 3.91. The third kappa shape index (κ3) is 3.74. The molecule has 0 fully saturated rings. The minimum absolute atomic E-state index is 0.753. The summed E-state index contributed by atoms with van der Waals surface area (Å²) in [5, 5.41) is 7.64. The molecule has 0 atom stereocenters. The van der Waals surface area contributed by atoms with Crippen LogP contribution in [0.15, 0.2) is 30.6 Å². The van der Waals surface area contributed by atoms with Crippen molar-refractivity contribution in [3.8, 4) is 11.5 Å². The van der Waals surface area contributed by atoms with Crippen molar-refractivity contribution >= 4 is 0 Å². The second kappa shape index (κ2) is 6.96. The van der Waals surface area contributed by atoms with Crippen molar-refractivity contribution in [3.05, 3.63) is 41.7 Å². The molecule has 20 heavy (non-hydrogen) atoms. The molecule has 0 amide bonds. The smallest absolute Gasteiger partial charge is 0.161 e. The zero-order valence-corrected chi connectivity index (χ0v) is 12.2. The van der Waals surface area contributed by atoms with Gasteiger partial charge in [-0.15, -0.1) is 0 Å². The van der Waals surface area contributed by atoms with Crippen LogP contribution in [0.25, 0.3) is 0 Å². The summed E-state index contributed by atoms with van der Waals surface area (Å²) in [6.45, 7) is 4.57. The Balaban J connectivity index is 1.82. The number of methoxy groups -OCH3 is 2. The van der Waals surface area contributed by atoms with E-state index in [2.05, 4.69) is 10.4 Å². The van der Waals surface area contributed by atoms with Crippen LogP contribution in [0.2, 0.25) is 0 Å². The number of benzene rings is 1. The molecule has 5 nitrogen and oxygen atoms in total. The maximum atomic E-state index is 5.29. The average Bonchev–Trinajstić information content (AvgIpc) is 2.89. The van der Waals surface area contributed by atoms with Gasteiger partial charge in [0, 0.05) is 19.3 Å². The summed E-state index contributed by atoms with van der Waals surface area (Å²) in [7, 11) is 3.29. The molecule has 0 unspecified atom stereocenters. The molecule has 0 aliphatic rings. The Kier molecular flexibility index (Phi) is 5.01. The summed E-state index contributed by atoms with van der Waals surface area (Å²) in [5.74, 6) is 1.51. The summed E-state index contributed by atoms with van der Waals surface area (Å²) in [6, 6.07) is 5.95. The van der Waals surface area contributed by atoms with E-state index in [1.54, 1.807) is 14.2 Å². The topological polar surface area (TPSA) is 48.3 Å². The van der Waals surface area contributed by atoms with Crippen molar-refractivity contribution in [2.45, 2.75) is 20.0 Å². The lowest BCUT2D eigenvalue weighted by Gasteiger charge is -2.10. The Hall–Kier alpha value is -2.01. The van der Waals surface area contributed by atoms with Crippen LogP contribution in [0.3, 0.4) is 0 Å². The van der Waals surface area contributed by atoms with E-state index in [0.717, 1.165) is 31.1 Å². The molecule has 1 heterocycles. The number of aryl methyl sites for hydroxylation is 1. The van der Waals surface area contributed by atoms with Crippen molar-refractivity contribution in [1.82, 2.24) is 15.1 Å². The lowest BCUT2D eigenvalue weighted by molar-refractivity contribution is 0.354. The third-order valence-electron chi connectivity index (χ3n) is 3.06. The number of rotatable bonds is 7. The molecule has 0 spiro atoms. The second-order valence-corrected chi connectivity index (χ2v) is 4.65. The van der Waals surface area contributed by atoms with Gasteiger partial charge in [0.05, 0.1) is 27.0 Å². The minimum atomic E-state index is 0.753. The van der Waals surface area contributed by atoms with E-state index in [4.69, 9.17) is 9.47 Å². The highest BCUT2D eigenvalue weighted by molar-refractivity contribution is 5.42. The van der Waals surface area contributed by atoms with Crippen LogP contribution in [0.4, 0.5) is 0 Å². The molecule has 2 aromatic rings. The SMILES string of the molecule is COc1ccc(CNCCn2cc(C)cn2)cc1OC. The first kappa shape index (κ1) is 14.4. The lowest BCUT2D eigenvalue weighted by Crippen LogP contribution is -2.19. The van der Waals surface area contributed by atoms with Crippen molar-refractivity contribution in [3.63, 3.8) is 0 Å². The molecule has 2 rings (SSSR count). The molecule has 108 valence electrons. The van der Waals surface area contributed by atoms with Gasteiger partial charge < -0.3 is 14.8 Å². The van der Waals surface area contributed by atoms with Crippen LogP contribution in [0.1, 0.15) is 11.1 Å². The Labute approximate surface area is 119 Å². The summed E-state index contributed by atoms with van der Waals surface area (Å²) < 4.78 is 12.4. The summed E-state index contributed by atoms with van der Waals surface area (Å²) >= 11 is 0. The van der Waals surface area contributed by atoms with E-state index in [1.165, 1.54) is 11.1 Å². The number of ether oxygens (including phenoxy) is 2. The van der Waals surface area contributed by atoms with Crippen LogP contribution in [0, 0.1) is 6.92 Å². The summed E-state index contributed by atoms with van der Waals surface area (Å²) in [5.41, 5.74) is 2.35. The molecule has 0 aliphatic heterocycles. The van der Waals surface area contributed by atoms with Crippen LogP contribution in [0.5, 0.6) is 11.5 Å². The van der Waals surface area contributed by atoms with Crippen LogP contribution < -0.4 is 14.8 Å². The molecule has 1 aromatic heterocycles. The molecule has 0 bridgehead atoms. The Morgan fingerprint density at radius 3 is 2.65 bits per heavy atom. The number of hydrogen-bond donors (Lipinski definition) is 1. The summed E-state index contributed by atoms with van der Waals surface area (Å²) in [4.78, 5) is 0. The Bertz CT molecular complexity index is 552. The fraction of sp³-hybridized carbons (Fsp3) is 0.400. The third-order valence-corrected chi connectivity index (χ3v) is 3.06. The van der Waals surface area contributed by atoms with Gasteiger partial charge in [0.2, 0.25) is 0 Å². The van der Waals surface area contributed by atoms with Crippen LogP contribution in [-0.2, 0) is 13.1 Å². The molecular weight excluding hydrogens is 254 g/mol. The molecule has 0 aliphatic carbocycles. The molecular formula is C15H21N3O2. The van der Waals surface area contributed by atoms with E-state index < -0.39 is 0 Å². The van der Waals surface area contributed by atoms with E-state index in [0.29, 0.717) is 0 Å². The largest absolute Gasteiger partial charge is 0.493 e. The quantitative estimate of drug-likeness (QED) is 0.785. The Morgan fingerprint density at radius 2 is 2.00 bits per heavy atom. The van der Waals surface area contributed by atoms with Gasteiger partial charge in [-0.1, -0.05) is 6.07 Å². The molecule has 1 N–H and O–H groups in total. The van der Waals surface area contributed by atoms with Gasteiger partial charge in [-0.05, 0) is 30.2 Å². The fourth-order valence-corrected chi connectivity index (χ4v) is 2.01. The maximum Gasteiger partial charge on any atom is 0.161 e. The molecule has 0 saturated heterocycles. The van der Waals surface area contributed by atoms with Gasteiger partial charge in [0.1, 0.15) is 0 Å². The molecule has 0 saturated carbocycles. The van der Waals surface area contributed by atoms with E-state index in [9.17, 15) is 0 Å². The first-order valence-electron chi connectivity index (χ1n) is 6.63. The van der Waals surface area contributed by atoms with Crippen molar-refractivity contribution < 1.29 is 9.47 Å². The molecule has 1 aromatic carbocycles. The highest BCUT2D eigenvalue weighted by Crippen LogP contribution is 2.27. The second-order valence-electron chi connectivity index (χ2n) is 4.65. The van der Waals surface area contributed by atoms with E-state index in [1.807, 2.05) is 42.2 Å². The van der Waals surface area contributed by atoms with Gasteiger partial charge in [-0.25, -0.2) is 0 Å². The predicted molar refractivity (Wildman–Crippen MR) is 78.2 cm³/mol. The van der Waals surface area contributed by atoms with Gasteiger partial charge in [-0.2, -0.15) is 5.10 Å². The highest BCUT2D eigenvalue weighted by Gasteiger charge is 2.04. The average molecular weight is 275 g/mol. The van der Waals surface area contributed by atoms with Crippen LogP contribution in [-0.4, -0.2) is 30.5 Å². The lowest BCUT2D eigenvalue weighted by atomic mass is 10.2. The van der Waals surface area contributed by atoms with Crippen molar-refractivity contribution in [2.75, 3.05) is 20.8 Å². The van der Waals surface area contributed by atoms with Gasteiger partial charge in [0.15, 0.2) is 11.5 Å². The Morgan fingerprint density at radius 1 is 1.20 bits per heavy atom. The first-order chi connectivity index (χ1) is 9.72. The van der Waals surface area contributed by atoms with E-state index in [-0.39, 0.29) is 0 Å². The predicted octanol–water partition coefficient (Wildman–Crippen LogP) is 2.00. The molecule has 0 radical (unpaired) electrons. The normalized spacial score (nSPS) is 10.6. The number of nitrogens with zero attached hydrogens (tertiary/aromatic N) is 2. The number of aromatic nitrogens is 2. The van der Waals surface area contributed by atoms with Crippen molar-refractivity contribution in [2.24, 2.45) is 0 Å². The van der Waals surface area contributed by atoms with E-state index >= 15 is 0 Å². The van der Waals surface area contributed by atoms with Gasteiger partial charge in [-0.3, -0.25) is 4.68 Å². The van der Waals surface area contributed by atoms with Gasteiger partial charge >= 0.3 is 0 Å². The van der Waals surface area contributed by atoms with Crippen molar-refractivity contribution in [1.29, 1.82) is 0 Å². The monoisotopic (exact) mass is 275 g/mol. The van der Waals surface area contributed by atoms with Gasteiger partial charge in [0.25, 0.3) is 0 Å². The maximum absolute atomic E-state index is 5.29. The first-order valence-corrected chi connectivity index (χ1v) is 6.63. The molecule has 5 heteroatoms. The number of hydrogen-bond acceptors (Lipinski definition) is 4.